The number of ether oxygens (including phenoxy) is 1. The first kappa shape index (κ1) is 19.1. The lowest BCUT2D eigenvalue weighted by Gasteiger charge is -2.09. The number of aromatic nitrogens is 1. The van der Waals surface area contributed by atoms with E-state index in [0.29, 0.717) is 13.0 Å². The molecule has 27 heavy (non-hydrogen) atoms. The third-order valence-corrected chi connectivity index (χ3v) is 5.66. The quantitative estimate of drug-likeness (QED) is 0.601. The van der Waals surface area contributed by atoms with Gasteiger partial charge >= 0.3 is 5.97 Å². The van der Waals surface area contributed by atoms with Gasteiger partial charge in [-0.3, -0.25) is 4.79 Å². The Morgan fingerprint density at radius 1 is 1.11 bits per heavy atom. The predicted octanol–water partition coefficient (Wildman–Crippen LogP) is 5.33. The second-order valence-electron chi connectivity index (χ2n) is 6.66. The van der Waals surface area contributed by atoms with Crippen LogP contribution < -0.4 is 4.74 Å². The number of hydrogen-bond donors (Lipinski definition) is 1. The molecule has 0 unspecified atom stereocenters. The zero-order chi connectivity index (χ0) is 19.4. The van der Waals surface area contributed by atoms with Gasteiger partial charge in [-0.2, -0.15) is 0 Å². The molecule has 0 saturated carbocycles. The number of carbonyl (C=O) groups is 1. The molecule has 0 saturated heterocycles. The van der Waals surface area contributed by atoms with Gasteiger partial charge in [0, 0.05) is 12.0 Å². The number of benzene rings is 2. The Bertz CT molecular complexity index is 945. The van der Waals surface area contributed by atoms with Crippen LogP contribution >= 0.6 is 11.3 Å². The van der Waals surface area contributed by atoms with Crippen molar-refractivity contribution in [2.45, 2.75) is 40.2 Å². The number of aryl methyl sites for hydroxylation is 4. The standard InChI is InChI=1S/C22H23NO3S/c1-14-4-6-18(7-5-14)22-23-16(3)20(27-22)13-26-19-10-8-17(15(2)12-19)9-11-21(24)25/h4-8,10,12H,9,11,13H2,1-3H3,(H,24,25). The maximum atomic E-state index is 10.7. The average molecular weight is 381 g/mol. The molecule has 0 aliphatic heterocycles. The molecule has 140 valence electrons. The fourth-order valence-corrected chi connectivity index (χ4v) is 3.79. The molecule has 0 amide bonds. The summed E-state index contributed by atoms with van der Waals surface area (Å²) in [5.74, 6) is 0.0102. The van der Waals surface area contributed by atoms with E-state index in [-0.39, 0.29) is 6.42 Å². The van der Waals surface area contributed by atoms with Gasteiger partial charge in [0.15, 0.2) is 0 Å². The lowest BCUT2D eigenvalue weighted by Crippen LogP contribution is -2.00. The fourth-order valence-electron chi connectivity index (χ4n) is 2.81. The van der Waals surface area contributed by atoms with Crippen LogP contribution in [0.15, 0.2) is 42.5 Å². The van der Waals surface area contributed by atoms with E-state index >= 15 is 0 Å². The van der Waals surface area contributed by atoms with Crippen LogP contribution in [0.4, 0.5) is 0 Å². The summed E-state index contributed by atoms with van der Waals surface area (Å²) in [6.07, 6.45) is 0.679. The third kappa shape index (κ3) is 4.95. The SMILES string of the molecule is Cc1ccc(-c2nc(C)c(COc3ccc(CCC(=O)O)c(C)c3)s2)cc1. The zero-order valence-electron chi connectivity index (χ0n) is 15.8. The van der Waals surface area contributed by atoms with E-state index in [4.69, 9.17) is 9.84 Å². The number of aliphatic carboxylic acids is 1. The highest BCUT2D eigenvalue weighted by molar-refractivity contribution is 7.15. The molecule has 0 aliphatic carbocycles. The molecule has 1 aromatic heterocycles. The molecule has 2 aromatic carbocycles. The van der Waals surface area contributed by atoms with Crippen molar-refractivity contribution in [2.75, 3.05) is 0 Å². The Morgan fingerprint density at radius 3 is 2.52 bits per heavy atom. The summed E-state index contributed by atoms with van der Waals surface area (Å²) in [6.45, 7) is 6.54. The van der Waals surface area contributed by atoms with Crippen LogP contribution in [-0.2, 0) is 17.8 Å². The number of carboxylic acid groups (broad SMARTS) is 1. The molecule has 0 aliphatic rings. The fraction of sp³-hybridized carbons (Fsp3) is 0.273. The normalized spacial score (nSPS) is 10.8. The molecule has 0 bridgehead atoms. The van der Waals surface area contributed by atoms with Crippen LogP contribution in [-0.4, -0.2) is 16.1 Å². The van der Waals surface area contributed by atoms with Crippen LogP contribution in [0.1, 0.15) is 33.7 Å². The second kappa shape index (κ2) is 8.35. The van der Waals surface area contributed by atoms with Crippen LogP contribution in [0, 0.1) is 20.8 Å². The molecule has 3 aromatic rings. The molecule has 1 N–H and O–H groups in total. The highest BCUT2D eigenvalue weighted by Gasteiger charge is 2.11. The van der Waals surface area contributed by atoms with Gasteiger partial charge in [-0.1, -0.05) is 35.9 Å². The van der Waals surface area contributed by atoms with E-state index < -0.39 is 5.97 Å². The lowest BCUT2D eigenvalue weighted by molar-refractivity contribution is -0.136. The van der Waals surface area contributed by atoms with E-state index in [1.54, 1.807) is 11.3 Å². The lowest BCUT2D eigenvalue weighted by atomic mass is 10.0. The molecule has 0 spiro atoms. The van der Waals surface area contributed by atoms with E-state index in [2.05, 4.69) is 36.2 Å². The molecular formula is C22H23NO3S. The van der Waals surface area contributed by atoms with Crippen LogP contribution in [0.3, 0.4) is 0 Å². The van der Waals surface area contributed by atoms with E-state index in [9.17, 15) is 4.79 Å². The average Bonchev–Trinajstić information content (AvgIpc) is 3.00. The largest absolute Gasteiger partial charge is 0.488 e. The summed E-state index contributed by atoms with van der Waals surface area (Å²) >= 11 is 1.66. The molecule has 5 heteroatoms. The van der Waals surface area contributed by atoms with Crippen molar-refractivity contribution in [1.82, 2.24) is 4.98 Å². The molecular weight excluding hydrogens is 358 g/mol. The maximum absolute atomic E-state index is 10.7. The Labute approximate surface area is 163 Å². The molecule has 1 heterocycles. The monoisotopic (exact) mass is 381 g/mol. The molecule has 3 rings (SSSR count). The van der Waals surface area contributed by atoms with Crippen molar-refractivity contribution in [1.29, 1.82) is 0 Å². The Hall–Kier alpha value is -2.66. The number of carboxylic acids is 1. The third-order valence-electron chi connectivity index (χ3n) is 4.48. The highest BCUT2D eigenvalue weighted by atomic mass is 32.1. The van der Waals surface area contributed by atoms with E-state index in [0.717, 1.165) is 38.0 Å². The summed E-state index contributed by atoms with van der Waals surface area (Å²) in [5.41, 5.74) is 5.44. The minimum atomic E-state index is -0.778. The van der Waals surface area contributed by atoms with Gasteiger partial charge in [0.1, 0.15) is 17.4 Å². The number of nitrogens with zero attached hydrogens (tertiary/aromatic N) is 1. The minimum Gasteiger partial charge on any atom is -0.488 e. The molecule has 4 nitrogen and oxygen atoms in total. The van der Waals surface area contributed by atoms with Crippen LogP contribution in [0.25, 0.3) is 10.6 Å². The van der Waals surface area contributed by atoms with Gasteiger partial charge < -0.3 is 9.84 Å². The van der Waals surface area contributed by atoms with Crippen LogP contribution in [0.2, 0.25) is 0 Å². The topological polar surface area (TPSA) is 59.4 Å². The Balaban J connectivity index is 1.67. The van der Waals surface area contributed by atoms with Crippen molar-refractivity contribution in [3.05, 3.63) is 69.7 Å². The van der Waals surface area contributed by atoms with Gasteiger partial charge in [-0.15, -0.1) is 11.3 Å². The predicted molar refractivity (Wildman–Crippen MR) is 108 cm³/mol. The zero-order valence-corrected chi connectivity index (χ0v) is 16.6. The van der Waals surface area contributed by atoms with Crippen molar-refractivity contribution >= 4 is 17.3 Å². The second-order valence-corrected chi connectivity index (χ2v) is 7.75. The molecule has 0 radical (unpaired) electrons. The Morgan fingerprint density at radius 2 is 1.85 bits per heavy atom. The number of rotatable bonds is 7. The van der Waals surface area contributed by atoms with Gasteiger partial charge in [0.25, 0.3) is 0 Å². The summed E-state index contributed by atoms with van der Waals surface area (Å²) < 4.78 is 5.96. The first-order chi connectivity index (χ1) is 12.9. The van der Waals surface area contributed by atoms with Crippen molar-refractivity contribution in [3.63, 3.8) is 0 Å². The van der Waals surface area contributed by atoms with E-state index in [1.165, 1.54) is 5.56 Å². The maximum Gasteiger partial charge on any atom is 0.303 e. The summed E-state index contributed by atoms with van der Waals surface area (Å²) in [6, 6.07) is 14.2. The van der Waals surface area contributed by atoms with Crippen LogP contribution in [0.5, 0.6) is 5.75 Å². The van der Waals surface area contributed by atoms with Crippen molar-refractivity contribution in [3.8, 4) is 16.3 Å². The molecule has 0 fully saturated rings. The van der Waals surface area contributed by atoms with Gasteiger partial charge in [0.05, 0.1) is 10.6 Å². The highest BCUT2D eigenvalue weighted by Crippen LogP contribution is 2.29. The first-order valence-corrected chi connectivity index (χ1v) is 9.71. The van der Waals surface area contributed by atoms with Crippen molar-refractivity contribution in [2.24, 2.45) is 0 Å². The first-order valence-electron chi connectivity index (χ1n) is 8.90. The minimum absolute atomic E-state index is 0.142. The smallest absolute Gasteiger partial charge is 0.303 e. The number of hydrogen-bond acceptors (Lipinski definition) is 4. The van der Waals surface area contributed by atoms with Gasteiger partial charge in [-0.25, -0.2) is 4.98 Å². The number of thiazole rings is 1. The Kier molecular flexibility index (Phi) is 5.91. The molecule has 0 atom stereocenters. The summed E-state index contributed by atoms with van der Waals surface area (Å²) in [5, 5.41) is 9.83. The van der Waals surface area contributed by atoms with Gasteiger partial charge in [-0.05, 0) is 50.5 Å². The summed E-state index contributed by atoms with van der Waals surface area (Å²) in [7, 11) is 0. The van der Waals surface area contributed by atoms with E-state index in [1.807, 2.05) is 32.0 Å². The summed E-state index contributed by atoms with van der Waals surface area (Å²) in [4.78, 5) is 16.5. The van der Waals surface area contributed by atoms with Gasteiger partial charge in [0.2, 0.25) is 0 Å². The van der Waals surface area contributed by atoms with Crippen molar-refractivity contribution < 1.29 is 14.6 Å².